The molecule has 0 aliphatic carbocycles. The third-order valence-electron chi connectivity index (χ3n) is 3.50. The summed E-state index contributed by atoms with van der Waals surface area (Å²) in [7, 11) is 0. The molecule has 2 rings (SSSR count). The van der Waals surface area contributed by atoms with Gasteiger partial charge < -0.3 is 5.11 Å². The molecule has 0 aromatic carbocycles. The first kappa shape index (κ1) is 14.3. The quantitative estimate of drug-likeness (QED) is 0.856. The van der Waals surface area contributed by atoms with Gasteiger partial charge in [-0.2, -0.15) is 0 Å². The predicted molar refractivity (Wildman–Crippen MR) is 79.4 cm³/mol. The Morgan fingerprint density at radius 3 is 2.63 bits per heavy atom. The van der Waals surface area contributed by atoms with Crippen molar-refractivity contribution in [2.45, 2.75) is 38.6 Å². The van der Waals surface area contributed by atoms with Crippen LogP contribution >= 0.6 is 11.3 Å². The van der Waals surface area contributed by atoms with Gasteiger partial charge >= 0.3 is 5.97 Å². The second kappa shape index (κ2) is 7.46. The Balaban J connectivity index is 1.97. The Morgan fingerprint density at radius 1 is 1.26 bits per heavy atom. The fourth-order valence-electron chi connectivity index (χ4n) is 2.46. The SMILES string of the molecule is O=C(O)C=Cc1ccsc1CN1CCCCCCC1. The van der Waals surface area contributed by atoms with Gasteiger partial charge in [-0.3, -0.25) is 4.90 Å². The molecule has 19 heavy (non-hydrogen) atoms. The minimum atomic E-state index is -0.886. The fraction of sp³-hybridized carbons (Fsp3) is 0.533. The van der Waals surface area contributed by atoms with E-state index in [2.05, 4.69) is 4.90 Å². The van der Waals surface area contributed by atoms with Crippen LogP contribution in [0.3, 0.4) is 0 Å². The van der Waals surface area contributed by atoms with E-state index in [1.165, 1.54) is 56.1 Å². The molecule has 2 heterocycles. The second-order valence-corrected chi connectivity index (χ2v) is 6.02. The number of hydrogen-bond acceptors (Lipinski definition) is 3. The van der Waals surface area contributed by atoms with E-state index in [-0.39, 0.29) is 0 Å². The van der Waals surface area contributed by atoms with Crippen LogP contribution in [0.4, 0.5) is 0 Å². The van der Waals surface area contributed by atoms with E-state index in [0.717, 1.165) is 12.1 Å². The van der Waals surface area contributed by atoms with Crippen molar-refractivity contribution >= 4 is 23.4 Å². The Hall–Kier alpha value is -1.13. The minimum Gasteiger partial charge on any atom is -0.478 e. The van der Waals surface area contributed by atoms with Gasteiger partial charge in [-0.15, -0.1) is 11.3 Å². The minimum absolute atomic E-state index is 0.886. The molecule has 0 radical (unpaired) electrons. The average Bonchev–Trinajstić information content (AvgIpc) is 2.77. The lowest BCUT2D eigenvalue weighted by Gasteiger charge is -2.24. The van der Waals surface area contributed by atoms with Crippen LogP contribution in [-0.4, -0.2) is 29.1 Å². The molecule has 1 saturated heterocycles. The topological polar surface area (TPSA) is 40.5 Å². The van der Waals surface area contributed by atoms with E-state index in [0.29, 0.717) is 0 Å². The van der Waals surface area contributed by atoms with Crippen LogP contribution in [0.5, 0.6) is 0 Å². The number of carboxylic acids is 1. The van der Waals surface area contributed by atoms with E-state index in [9.17, 15) is 4.79 Å². The standard InChI is InChI=1S/C15H21NO2S/c17-15(18)7-6-13-8-11-19-14(13)12-16-9-4-2-1-3-5-10-16/h6-8,11H,1-5,9-10,12H2,(H,17,18). The summed E-state index contributed by atoms with van der Waals surface area (Å²) in [5.74, 6) is -0.886. The molecular weight excluding hydrogens is 258 g/mol. The maximum absolute atomic E-state index is 10.6. The zero-order valence-corrected chi connectivity index (χ0v) is 12.0. The van der Waals surface area contributed by atoms with Crippen molar-refractivity contribution in [3.8, 4) is 0 Å². The first-order valence-corrected chi connectivity index (χ1v) is 7.83. The van der Waals surface area contributed by atoms with E-state index in [1.54, 1.807) is 17.4 Å². The third kappa shape index (κ3) is 4.80. The van der Waals surface area contributed by atoms with Gasteiger partial charge in [0.25, 0.3) is 0 Å². The summed E-state index contributed by atoms with van der Waals surface area (Å²) in [5, 5.41) is 10.7. The Labute approximate surface area is 118 Å². The molecule has 104 valence electrons. The maximum Gasteiger partial charge on any atom is 0.328 e. The van der Waals surface area contributed by atoms with E-state index < -0.39 is 5.97 Å². The van der Waals surface area contributed by atoms with Crippen molar-refractivity contribution in [2.75, 3.05) is 13.1 Å². The summed E-state index contributed by atoms with van der Waals surface area (Å²) in [5.41, 5.74) is 1.05. The van der Waals surface area contributed by atoms with Gasteiger partial charge in [0.1, 0.15) is 0 Å². The van der Waals surface area contributed by atoms with Crippen LogP contribution < -0.4 is 0 Å². The lowest BCUT2D eigenvalue weighted by atomic mass is 10.1. The van der Waals surface area contributed by atoms with Crippen molar-refractivity contribution in [3.63, 3.8) is 0 Å². The highest BCUT2D eigenvalue weighted by Gasteiger charge is 2.11. The maximum atomic E-state index is 10.6. The smallest absolute Gasteiger partial charge is 0.328 e. The highest BCUT2D eigenvalue weighted by atomic mass is 32.1. The van der Waals surface area contributed by atoms with Crippen molar-refractivity contribution in [1.29, 1.82) is 0 Å². The Kier molecular flexibility index (Phi) is 5.61. The van der Waals surface area contributed by atoms with Crippen molar-refractivity contribution < 1.29 is 9.90 Å². The predicted octanol–water partition coefficient (Wildman–Crippen LogP) is 3.61. The van der Waals surface area contributed by atoms with Gasteiger partial charge in [-0.05, 0) is 49.0 Å². The lowest BCUT2D eigenvalue weighted by Crippen LogP contribution is -2.26. The number of nitrogens with zero attached hydrogens (tertiary/aromatic N) is 1. The number of likely N-dealkylation sites (tertiary alicyclic amines) is 1. The molecular formula is C15H21NO2S. The molecule has 0 unspecified atom stereocenters. The molecule has 1 fully saturated rings. The van der Waals surface area contributed by atoms with E-state index in [4.69, 9.17) is 5.11 Å². The van der Waals surface area contributed by atoms with Crippen LogP contribution in [0.15, 0.2) is 17.5 Å². The second-order valence-electron chi connectivity index (χ2n) is 5.01. The van der Waals surface area contributed by atoms with Gasteiger partial charge in [0.2, 0.25) is 0 Å². The van der Waals surface area contributed by atoms with Gasteiger partial charge in [-0.1, -0.05) is 19.3 Å². The highest BCUT2D eigenvalue weighted by Crippen LogP contribution is 2.22. The van der Waals surface area contributed by atoms with Crippen molar-refractivity contribution in [3.05, 3.63) is 28.0 Å². The largest absolute Gasteiger partial charge is 0.478 e. The average molecular weight is 279 g/mol. The molecule has 1 aromatic heterocycles. The molecule has 1 aliphatic heterocycles. The molecule has 3 nitrogen and oxygen atoms in total. The normalized spacial score (nSPS) is 18.3. The molecule has 4 heteroatoms. The molecule has 1 N–H and O–H groups in total. The summed E-state index contributed by atoms with van der Waals surface area (Å²) >= 11 is 1.72. The number of thiophene rings is 1. The van der Waals surface area contributed by atoms with Gasteiger partial charge in [-0.25, -0.2) is 4.79 Å². The van der Waals surface area contributed by atoms with Crippen molar-refractivity contribution in [2.24, 2.45) is 0 Å². The monoisotopic (exact) mass is 279 g/mol. The molecule has 1 aliphatic rings. The van der Waals surface area contributed by atoms with Crippen LogP contribution in [-0.2, 0) is 11.3 Å². The number of hydrogen-bond donors (Lipinski definition) is 1. The fourth-order valence-corrected chi connectivity index (χ4v) is 3.37. The Morgan fingerprint density at radius 2 is 1.95 bits per heavy atom. The summed E-state index contributed by atoms with van der Waals surface area (Å²) in [6.45, 7) is 3.29. The summed E-state index contributed by atoms with van der Waals surface area (Å²) < 4.78 is 0. The Bertz CT molecular complexity index is 431. The number of aliphatic carboxylic acids is 1. The molecule has 0 spiro atoms. The van der Waals surface area contributed by atoms with E-state index in [1.807, 2.05) is 11.4 Å². The van der Waals surface area contributed by atoms with E-state index >= 15 is 0 Å². The summed E-state index contributed by atoms with van der Waals surface area (Å²) in [4.78, 5) is 14.4. The van der Waals surface area contributed by atoms with Crippen molar-refractivity contribution in [1.82, 2.24) is 4.90 Å². The molecule has 0 atom stereocenters. The first-order valence-electron chi connectivity index (χ1n) is 6.95. The lowest BCUT2D eigenvalue weighted by molar-refractivity contribution is -0.131. The zero-order chi connectivity index (χ0) is 13.5. The van der Waals surface area contributed by atoms with Crippen LogP contribution in [0.2, 0.25) is 0 Å². The van der Waals surface area contributed by atoms with Crippen LogP contribution in [0.25, 0.3) is 6.08 Å². The van der Waals surface area contributed by atoms with Gasteiger partial charge in [0, 0.05) is 17.5 Å². The van der Waals surface area contributed by atoms with Gasteiger partial charge in [0.05, 0.1) is 0 Å². The van der Waals surface area contributed by atoms with Gasteiger partial charge in [0.15, 0.2) is 0 Å². The number of carboxylic acid groups (broad SMARTS) is 1. The highest BCUT2D eigenvalue weighted by molar-refractivity contribution is 7.10. The van der Waals surface area contributed by atoms with Crippen LogP contribution in [0, 0.1) is 0 Å². The molecule has 0 saturated carbocycles. The third-order valence-corrected chi connectivity index (χ3v) is 4.42. The number of carbonyl (C=O) groups is 1. The van der Waals surface area contributed by atoms with Crippen LogP contribution in [0.1, 0.15) is 42.5 Å². The summed E-state index contributed by atoms with van der Waals surface area (Å²) in [6.07, 6.45) is 9.55. The molecule has 0 amide bonds. The molecule has 1 aromatic rings. The zero-order valence-electron chi connectivity index (χ0n) is 11.2. The summed E-state index contributed by atoms with van der Waals surface area (Å²) in [6, 6.07) is 2.00. The molecule has 0 bridgehead atoms. The number of rotatable bonds is 4. The first-order chi connectivity index (χ1) is 9.25.